The van der Waals surface area contributed by atoms with Gasteiger partial charge in [-0.1, -0.05) is 11.6 Å². The Morgan fingerprint density at radius 3 is 2.76 bits per heavy atom. The van der Waals surface area contributed by atoms with Gasteiger partial charge in [-0.3, -0.25) is 9.78 Å². The molecule has 0 aliphatic rings. The van der Waals surface area contributed by atoms with E-state index in [0.29, 0.717) is 0 Å². The molecule has 0 bridgehead atoms. The number of halogens is 3. The number of benzene rings is 1. The number of carboxylic acid groups (broad SMARTS) is 1. The van der Waals surface area contributed by atoms with Crippen LogP contribution in [-0.4, -0.2) is 21.0 Å². The number of aromatic nitrogens is 2. The summed E-state index contributed by atoms with van der Waals surface area (Å²) >= 11 is 5.46. The van der Waals surface area contributed by atoms with E-state index >= 15 is 0 Å². The van der Waals surface area contributed by atoms with Gasteiger partial charge < -0.3 is 10.1 Å². The van der Waals surface area contributed by atoms with Crippen molar-refractivity contribution in [1.82, 2.24) is 9.97 Å². The highest BCUT2D eigenvalue weighted by Crippen LogP contribution is 2.29. The van der Waals surface area contributed by atoms with Gasteiger partial charge in [0.25, 0.3) is 0 Å². The molecule has 0 aliphatic carbocycles. The number of nitrogens with one attached hydrogen (secondary N) is 1. The molecule has 2 heterocycles. The molecular weight excluding hydrogens is 306 g/mol. The largest absolute Gasteiger partial charge is 0.477 e. The van der Waals surface area contributed by atoms with Crippen LogP contribution >= 0.6 is 11.6 Å². The maximum absolute atomic E-state index is 13.9. The van der Waals surface area contributed by atoms with Gasteiger partial charge in [-0.2, -0.15) is 0 Å². The molecule has 3 rings (SSSR count). The number of H-pyrrole nitrogens is 1. The second kappa shape index (κ2) is 4.49. The van der Waals surface area contributed by atoms with Gasteiger partial charge in [-0.15, -0.1) is 0 Å². The molecule has 2 aromatic heterocycles. The lowest BCUT2D eigenvalue weighted by atomic mass is 10.1. The molecule has 21 heavy (non-hydrogen) atoms. The summed E-state index contributed by atoms with van der Waals surface area (Å²) in [5.41, 5.74) is -1.53. The molecule has 0 amide bonds. The summed E-state index contributed by atoms with van der Waals surface area (Å²) < 4.78 is 27.5. The molecule has 2 N–H and O–H groups in total. The van der Waals surface area contributed by atoms with E-state index in [1.807, 2.05) is 0 Å². The van der Waals surface area contributed by atoms with Crippen LogP contribution in [-0.2, 0) is 0 Å². The Labute approximate surface area is 119 Å². The van der Waals surface area contributed by atoms with Gasteiger partial charge in [-0.25, -0.2) is 13.6 Å². The standard InChI is InChI=1S/C13H5ClF2N2O3/c14-9-6(15)1-4-8-7(3-18-11(4)10(9)16)17-2-5(12(8)19)13(20)21/h1-3H,(H,17,19)(H,20,21). The third kappa shape index (κ3) is 1.85. The van der Waals surface area contributed by atoms with E-state index in [9.17, 15) is 18.4 Å². The summed E-state index contributed by atoms with van der Waals surface area (Å²) in [6.45, 7) is 0. The average Bonchev–Trinajstić information content (AvgIpc) is 2.44. The van der Waals surface area contributed by atoms with E-state index in [-0.39, 0.29) is 21.8 Å². The van der Waals surface area contributed by atoms with E-state index in [2.05, 4.69) is 9.97 Å². The van der Waals surface area contributed by atoms with Crippen LogP contribution in [0, 0.1) is 11.6 Å². The van der Waals surface area contributed by atoms with Crippen LogP contribution in [0.25, 0.3) is 21.8 Å². The van der Waals surface area contributed by atoms with Crippen molar-refractivity contribution in [3.8, 4) is 0 Å². The minimum Gasteiger partial charge on any atom is -0.477 e. The zero-order valence-corrected chi connectivity index (χ0v) is 10.8. The molecule has 5 nitrogen and oxygen atoms in total. The second-order valence-corrected chi connectivity index (χ2v) is 4.64. The maximum Gasteiger partial charge on any atom is 0.341 e. The van der Waals surface area contributed by atoms with Gasteiger partial charge in [0.2, 0.25) is 5.43 Å². The Morgan fingerprint density at radius 2 is 2.10 bits per heavy atom. The van der Waals surface area contributed by atoms with Crippen molar-refractivity contribution in [2.45, 2.75) is 0 Å². The molecule has 0 atom stereocenters. The minimum absolute atomic E-state index is 0.142. The number of nitrogens with zero attached hydrogens (tertiary/aromatic N) is 1. The highest BCUT2D eigenvalue weighted by Gasteiger charge is 2.19. The number of hydrogen-bond acceptors (Lipinski definition) is 3. The Morgan fingerprint density at radius 1 is 1.38 bits per heavy atom. The lowest BCUT2D eigenvalue weighted by Crippen LogP contribution is -2.16. The van der Waals surface area contributed by atoms with E-state index in [1.54, 1.807) is 0 Å². The summed E-state index contributed by atoms with van der Waals surface area (Å²) in [5, 5.41) is 7.91. The molecule has 0 radical (unpaired) electrons. The lowest BCUT2D eigenvalue weighted by molar-refractivity contribution is 0.0695. The first-order valence-corrected chi connectivity index (χ1v) is 6.00. The number of pyridine rings is 2. The second-order valence-electron chi connectivity index (χ2n) is 4.27. The van der Waals surface area contributed by atoms with Crippen molar-refractivity contribution in [2.24, 2.45) is 0 Å². The molecule has 0 saturated heterocycles. The van der Waals surface area contributed by atoms with Gasteiger partial charge in [0.05, 0.1) is 17.1 Å². The van der Waals surface area contributed by atoms with Crippen molar-refractivity contribution in [1.29, 1.82) is 0 Å². The van der Waals surface area contributed by atoms with Gasteiger partial charge in [-0.05, 0) is 6.07 Å². The van der Waals surface area contributed by atoms with Gasteiger partial charge in [0.15, 0.2) is 5.82 Å². The molecule has 0 fully saturated rings. The Bertz CT molecular complexity index is 985. The molecule has 0 aliphatic heterocycles. The Balaban J connectivity index is 2.62. The van der Waals surface area contributed by atoms with Crippen LogP contribution < -0.4 is 5.43 Å². The number of rotatable bonds is 1. The molecule has 8 heteroatoms. The summed E-state index contributed by atoms with van der Waals surface area (Å²) in [6, 6.07) is 0.858. The molecular formula is C13H5ClF2N2O3. The smallest absolute Gasteiger partial charge is 0.341 e. The summed E-state index contributed by atoms with van der Waals surface area (Å²) in [4.78, 5) is 29.5. The zero-order chi connectivity index (χ0) is 15.3. The van der Waals surface area contributed by atoms with Crippen molar-refractivity contribution in [2.75, 3.05) is 0 Å². The minimum atomic E-state index is -1.45. The zero-order valence-electron chi connectivity index (χ0n) is 10.1. The number of aromatic amines is 1. The third-order valence-electron chi connectivity index (χ3n) is 3.07. The van der Waals surface area contributed by atoms with Crippen LogP contribution in [0.2, 0.25) is 5.02 Å². The summed E-state index contributed by atoms with van der Waals surface area (Å²) in [6.07, 6.45) is 2.16. The fraction of sp³-hybridized carbons (Fsp3) is 0. The van der Waals surface area contributed by atoms with Gasteiger partial charge in [0, 0.05) is 11.6 Å². The first-order chi connectivity index (χ1) is 9.91. The number of aromatic carboxylic acids is 1. The van der Waals surface area contributed by atoms with Crippen LogP contribution in [0.15, 0.2) is 23.3 Å². The number of carboxylic acids is 1. The molecule has 0 spiro atoms. The van der Waals surface area contributed by atoms with Crippen molar-refractivity contribution in [3.05, 3.63) is 50.9 Å². The fourth-order valence-electron chi connectivity index (χ4n) is 2.10. The van der Waals surface area contributed by atoms with E-state index < -0.39 is 33.6 Å². The number of carbonyl (C=O) groups is 1. The quantitative estimate of drug-likeness (QED) is 0.535. The van der Waals surface area contributed by atoms with E-state index in [0.717, 1.165) is 18.5 Å². The molecule has 3 aromatic rings. The van der Waals surface area contributed by atoms with E-state index in [1.165, 1.54) is 0 Å². The summed E-state index contributed by atoms with van der Waals surface area (Å²) in [7, 11) is 0. The lowest BCUT2D eigenvalue weighted by Gasteiger charge is -2.06. The van der Waals surface area contributed by atoms with Crippen molar-refractivity contribution in [3.63, 3.8) is 0 Å². The Kier molecular flexibility index (Phi) is 2.87. The third-order valence-corrected chi connectivity index (χ3v) is 3.42. The monoisotopic (exact) mass is 310 g/mol. The maximum atomic E-state index is 13.9. The topological polar surface area (TPSA) is 83.0 Å². The first-order valence-electron chi connectivity index (χ1n) is 5.62. The van der Waals surface area contributed by atoms with Crippen LogP contribution in [0.3, 0.4) is 0 Å². The molecule has 106 valence electrons. The molecule has 0 unspecified atom stereocenters. The molecule has 0 saturated carbocycles. The average molecular weight is 311 g/mol. The first kappa shape index (κ1) is 13.4. The SMILES string of the molecule is O=C(O)c1c[nH]c2cnc3c(F)c(Cl)c(F)cc3c2c1=O. The fourth-order valence-corrected chi connectivity index (χ4v) is 2.25. The normalized spacial score (nSPS) is 11.2. The molecule has 1 aromatic carbocycles. The predicted octanol–water partition coefficient (Wildman–Crippen LogP) is 2.71. The van der Waals surface area contributed by atoms with Crippen LogP contribution in [0.4, 0.5) is 8.78 Å². The number of hydrogen-bond donors (Lipinski definition) is 2. The highest BCUT2D eigenvalue weighted by atomic mass is 35.5. The summed E-state index contributed by atoms with van der Waals surface area (Å²) in [5.74, 6) is -3.61. The van der Waals surface area contributed by atoms with Gasteiger partial charge >= 0.3 is 5.97 Å². The Hall–Kier alpha value is -2.54. The van der Waals surface area contributed by atoms with Crippen LogP contribution in [0.1, 0.15) is 10.4 Å². The van der Waals surface area contributed by atoms with Crippen LogP contribution in [0.5, 0.6) is 0 Å². The van der Waals surface area contributed by atoms with Gasteiger partial charge in [0.1, 0.15) is 21.9 Å². The number of fused-ring (bicyclic) bond motifs is 3. The highest BCUT2D eigenvalue weighted by molar-refractivity contribution is 6.31. The van der Waals surface area contributed by atoms with Crippen molar-refractivity contribution < 1.29 is 18.7 Å². The van der Waals surface area contributed by atoms with E-state index in [4.69, 9.17) is 16.7 Å². The van der Waals surface area contributed by atoms with Crippen molar-refractivity contribution >= 4 is 39.4 Å². The predicted molar refractivity (Wildman–Crippen MR) is 71.8 cm³/mol.